The Morgan fingerprint density at radius 1 is 1.20 bits per heavy atom. The molecule has 0 spiro atoms. The average Bonchev–Trinajstić information content (AvgIpc) is 2.97. The molecule has 6 nitrogen and oxygen atoms in total. The number of halogens is 1. The van der Waals surface area contributed by atoms with E-state index in [4.69, 9.17) is 17.3 Å². The van der Waals surface area contributed by atoms with Crippen molar-refractivity contribution in [2.45, 2.75) is 12.8 Å². The van der Waals surface area contributed by atoms with Crippen molar-refractivity contribution in [3.63, 3.8) is 0 Å². The molecule has 2 aromatic rings. The van der Waals surface area contributed by atoms with Crippen LogP contribution in [0, 0.1) is 5.82 Å². The van der Waals surface area contributed by atoms with E-state index in [1.165, 1.54) is 40.9 Å². The number of carbonyl (C=O) groups is 3. The second-order valence-corrected chi connectivity index (χ2v) is 8.10. The molecule has 1 aliphatic rings. The molecule has 3 rings (SSSR count). The Hall–Kier alpha value is -3.04. The molecule has 1 fully saturated rings. The topological polar surface area (TPSA) is 86.7 Å². The van der Waals surface area contributed by atoms with Crippen LogP contribution in [0.1, 0.15) is 28.8 Å². The third kappa shape index (κ3) is 5.52. The Morgan fingerprint density at radius 3 is 2.63 bits per heavy atom. The number of anilines is 1. The minimum absolute atomic E-state index is 0.0818. The number of nitrogens with one attached hydrogen (secondary N) is 1. The van der Waals surface area contributed by atoms with Crippen molar-refractivity contribution in [1.29, 1.82) is 0 Å². The van der Waals surface area contributed by atoms with Crippen molar-refractivity contribution < 1.29 is 23.9 Å². The lowest BCUT2D eigenvalue weighted by atomic mass is 10.2. The fraction of sp³-hybridized carbons (Fsp3) is 0.143. The molecule has 0 saturated carbocycles. The summed E-state index contributed by atoms with van der Waals surface area (Å²) < 4.78 is 13.4. The van der Waals surface area contributed by atoms with E-state index >= 15 is 0 Å². The van der Waals surface area contributed by atoms with Crippen molar-refractivity contribution in [3.05, 3.63) is 70.4 Å². The first kappa shape index (κ1) is 21.7. The van der Waals surface area contributed by atoms with E-state index in [1.807, 2.05) is 0 Å². The van der Waals surface area contributed by atoms with Crippen molar-refractivity contribution >= 4 is 57.8 Å². The molecule has 2 N–H and O–H groups in total. The number of thiocarbonyl (C=S) groups is 1. The summed E-state index contributed by atoms with van der Waals surface area (Å²) in [6, 6.07) is 11.8. The van der Waals surface area contributed by atoms with E-state index in [2.05, 4.69) is 5.32 Å². The first-order chi connectivity index (χ1) is 14.3. The van der Waals surface area contributed by atoms with Crippen LogP contribution in [0.5, 0.6) is 0 Å². The van der Waals surface area contributed by atoms with Crippen molar-refractivity contribution in [1.82, 2.24) is 4.90 Å². The molecule has 1 aliphatic heterocycles. The maximum Gasteiger partial charge on any atom is 0.335 e. The van der Waals surface area contributed by atoms with E-state index in [9.17, 15) is 18.8 Å². The van der Waals surface area contributed by atoms with Gasteiger partial charge in [0.2, 0.25) is 5.91 Å². The summed E-state index contributed by atoms with van der Waals surface area (Å²) in [6.45, 7) is 0.286. The molecule has 0 radical (unpaired) electrons. The fourth-order valence-corrected chi connectivity index (χ4v) is 4.06. The van der Waals surface area contributed by atoms with Gasteiger partial charge in [-0.2, -0.15) is 0 Å². The number of hydrogen-bond donors (Lipinski definition) is 2. The Labute approximate surface area is 181 Å². The number of amides is 2. The van der Waals surface area contributed by atoms with Crippen LogP contribution in [0.15, 0.2) is 53.4 Å². The number of aromatic carboxylic acids is 1. The third-order valence-electron chi connectivity index (χ3n) is 4.22. The Balaban J connectivity index is 1.53. The minimum Gasteiger partial charge on any atom is -0.478 e. The highest BCUT2D eigenvalue weighted by atomic mass is 32.2. The zero-order valence-corrected chi connectivity index (χ0v) is 17.3. The standard InChI is InChI=1S/C21H17FN2O4S2/c22-15-8-6-13(7-9-15)11-17-19(26)24(21(29)30-17)10-2-5-18(25)23-16-4-1-3-14(12-16)20(27)28/h1,3-4,6-9,11-12H,2,5,10H2,(H,23,25)(H,27,28)/b17-11+. The molecule has 30 heavy (non-hydrogen) atoms. The van der Waals surface area contributed by atoms with Gasteiger partial charge in [0.1, 0.15) is 10.1 Å². The number of benzene rings is 2. The maximum absolute atomic E-state index is 13.0. The van der Waals surface area contributed by atoms with Crippen LogP contribution in [0.3, 0.4) is 0 Å². The molecule has 0 aliphatic carbocycles. The van der Waals surface area contributed by atoms with Crippen LogP contribution in [-0.2, 0) is 9.59 Å². The number of hydrogen-bond acceptors (Lipinski definition) is 5. The predicted molar refractivity (Wildman–Crippen MR) is 118 cm³/mol. The van der Waals surface area contributed by atoms with E-state index in [1.54, 1.807) is 30.3 Å². The van der Waals surface area contributed by atoms with Crippen LogP contribution in [-0.4, -0.2) is 38.7 Å². The first-order valence-electron chi connectivity index (χ1n) is 8.97. The zero-order valence-electron chi connectivity index (χ0n) is 15.6. The molecule has 1 saturated heterocycles. The highest BCUT2D eigenvalue weighted by Crippen LogP contribution is 2.32. The predicted octanol–water partition coefficient (Wildman–Crippen LogP) is 4.14. The zero-order chi connectivity index (χ0) is 21.7. The molecule has 2 aromatic carbocycles. The van der Waals surface area contributed by atoms with Gasteiger partial charge in [-0.1, -0.05) is 42.2 Å². The highest BCUT2D eigenvalue weighted by Gasteiger charge is 2.31. The number of nitrogens with zero attached hydrogens (tertiary/aromatic N) is 1. The van der Waals surface area contributed by atoms with Crippen LogP contribution in [0.25, 0.3) is 6.08 Å². The molecule has 1 heterocycles. The summed E-state index contributed by atoms with van der Waals surface area (Å²) in [5, 5.41) is 11.6. The van der Waals surface area contributed by atoms with Gasteiger partial charge < -0.3 is 10.4 Å². The molecule has 0 aromatic heterocycles. The van der Waals surface area contributed by atoms with Crippen molar-refractivity contribution in [2.24, 2.45) is 0 Å². The molecular weight excluding hydrogens is 427 g/mol. The Bertz CT molecular complexity index is 1040. The van der Waals surface area contributed by atoms with Gasteiger partial charge in [-0.15, -0.1) is 0 Å². The summed E-state index contributed by atoms with van der Waals surface area (Å²) in [6.07, 6.45) is 2.19. The van der Waals surface area contributed by atoms with Crippen LogP contribution in [0.2, 0.25) is 0 Å². The molecule has 0 unspecified atom stereocenters. The molecule has 154 valence electrons. The normalized spacial score (nSPS) is 15.0. The van der Waals surface area contributed by atoms with E-state index < -0.39 is 5.97 Å². The largest absolute Gasteiger partial charge is 0.478 e. The number of rotatable bonds is 7. The number of carboxylic acid groups (broad SMARTS) is 1. The summed E-state index contributed by atoms with van der Waals surface area (Å²) in [7, 11) is 0. The lowest BCUT2D eigenvalue weighted by Gasteiger charge is -2.14. The third-order valence-corrected chi connectivity index (χ3v) is 5.60. The van der Waals surface area contributed by atoms with Gasteiger partial charge in [-0.25, -0.2) is 9.18 Å². The SMILES string of the molecule is O=C(CCCN1C(=O)/C(=C\c2ccc(F)cc2)SC1=S)Nc1cccc(C(=O)O)c1. The van der Waals surface area contributed by atoms with Crippen molar-refractivity contribution in [3.8, 4) is 0 Å². The summed E-state index contributed by atoms with van der Waals surface area (Å²) in [5.41, 5.74) is 1.17. The Kier molecular flexibility index (Phi) is 6.96. The summed E-state index contributed by atoms with van der Waals surface area (Å²) in [5.74, 6) is -1.96. The molecular formula is C21H17FN2O4S2. The van der Waals surface area contributed by atoms with Gasteiger partial charge in [0.05, 0.1) is 10.5 Å². The Morgan fingerprint density at radius 2 is 1.93 bits per heavy atom. The smallest absolute Gasteiger partial charge is 0.335 e. The summed E-state index contributed by atoms with van der Waals surface area (Å²) in [4.78, 5) is 37.6. The van der Waals surface area contributed by atoms with E-state index in [0.29, 0.717) is 26.9 Å². The molecule has 0 atom stereocenters. The monoisotopic (exact) mass is 444 g/mol. The number of carboxylic acids is 1. The molecule has 2 amide bonds. The van der Waals surface area contributed by atoms with Crippen LogP contribution in [0.4, 0.5) is 10.1 Å². The second kappa shape index (κ2) is 9.64. The van der Waals surface area contributed by atoms with Gasteiger partial charge in [-0.3, -0.25) is 14.5 Å². The molecule has 9 heteroatoms. The van der Waals surface area contributed by atoms with E-state index in [-0.39, 0.29) is 36.2 Å². The first-order valence-corrected chi connectivity index (χ1v) is 10.2. The van der Waals surface area contributed by atoms with Gasteiger partial charge >= 0.3 is 5.97 Å². The quantitative estimate of drug-likeness (QED) is 0.493. The lowest BCUT2D eigenvalue weighted by molar-refractivity contribution is -0.122. The number of carbonyl (C=O) groups excluding carboxylic acids is 2. The average molecular weight is 445 g/mol. The van der Waals surface area contributed by atoms with Gasteiger partial charge in [0.25, 0.3) is 5.91 Å². The van der Waals surface area contributed by atoms with Gasteiger partial charge in [0.15, 0.2) is 0 Å². The fourth-order valence-electron chi connectivity index (χ4n) is 2.75. The van der Waals surface area contributed by atoms with Gasteiger partial charge in [0, 0.05) is 18.7 Å². The number of thioether (sulfide) groups is 1. The maximum atomic E-state index is 13.0. The minimum atomic E-state index is -1.07. The van der Waals surface area contributed by atoms with Crippen LogP contribution >= 0.6 is 24.0 Å². The highest BCUT2D eigenvalue weighted by molar-refractivity contribution is 8.26. The van der Waals surface area contributed by atoms with Crippen LogP contribution < -0.4 is 5.32 Å². The van der Waals surface area contributed by atoms with Gasteiger partial charge in [-0.05, 0) is 48.4 Å². The second-order valence-electron chi connectivity index (χ2n) is 6.42. The van der Waals surface area contributed by atoms with Crippen molar-refractivity contribution in [2.75, 3.05) is 11.9 Å². The molecule has 0 bridgehead atoms. The summed E-state index contributed by atoms with van der Waals surface area (Å²) >= 11 is 6.43. The van der Waals surface area contributed by atoms with E-state index in [0.717, 1.165) is 0 Å². The lowest BCUT2D eigenvalue weighted by Crippen LogP contribution is -2.29.